The molecule has 0 bridgehead atoms. The molecule has 4 rings (SSSR count). The molecule has 8 heteroatoms. The van der Waals surface area contributed by atoms with E-state index in [9.17, 15) is 13.2 Å². The van der Waals surface area contributed by atoms with E-state index in [-0.39, 0.29) is 17.6 Å². The molecular weight excluding hydrogens is 392 g/mol. The van der Waals surface area contributed by atoms with Crippen molar-refractivity contribution in [1.82, 2.24) is 9.21 Å². The SMILES string of the molecule is CCN(Cc1ccc2c(c1)OCO2)C(=O)c1cccc(S(=O)(=O)N2CCCC2)c1. The van der Waals surface area contributed by atoms with Gasteiger partial charge < -0.3 is 14.4 Å². The Hall–Kier alpha value is -2.58. The zero-order valence-corrected chi connectivity index (χ0v) is 17.2. The van der Waals surface area contributed by atoms with Gasteiger partial charge in [-0.05, 0) is 55.7 Å². The van der Waals surface area contributed by atoms with E-state index in [0.29, 0.717) is 43.2 Å². The molecule has 2 aliphatic heterocycles. The van der Waals surface area contributed by atoms with Gasteiger partial charge in [0.05, 0.1) is 4.90 Å². The number of benzene rings is 2. The van der Waals surface area contributed by atoms with Crippen molar-refractivity contribution < 1.29 is 22.7 Å². The van der Waals surface area contributed by atoms with Gasteiger partial charge in [-0.3, -0.25) is 4.79 Å². The molecule has 2 aromatic rings. The van der Waals surface area contributed by atoms with Gasteiger partial charge in [0.2, 0.25) is 16.8 Å². The molecule has 0 unspecified atom stereocenters. The number of hydrogen-bond donors (Lipinski definition) is 0. The smallest absolute Gasteiger partial charge is 0.254 e. The van der Waals surface area contributed by atoms with Crippen LogP contribution in [-0.4, -0.2) is 50.0 Å². The lowest BCUT2D eigenvalue weighted by molar-refractivity contribution is 0.0752. The number of fused-ring (bicyclic) bond motifs is 1. The minimum absolute atomic E-state index is 0.171. The highest BCUT2D eigenvalue weighted by Crippen LogP contribution is 2.33. The highest BCUT2D eigenvalue weighted by molar-refractivity contribution is 7.89. The average molecular weight is 416 g/mol. The third-order valence-corrected chi connectivity index (χ3v) is 7.16. The Balaban J connectivity index is 1.54. The Morgan fingerprint density at radius 3 is 2.59 bits per heavy atom. The zero-order chi connectivity index (χ0) is 20.4. The number of carbonyl (C=O) groups is 1. The Morgan fingerprint density at radius 2 is 1.83 bits per heavy atom. The molecule has 0 N–H and O–H groups in total. The van der Waals surface area contributed by atoms with Gasteiger partial charge in [-0.2, -0.15) is 4.31 Å². The molecule has 2 aromatic carbocycles. The predicted octanol–water partition coefficient (Wildman–Crippen LogP) is 2.86. The van der Waals surface area contributed by atoms with Crippen LogP contribution >= 0.6 is 0 Å². The van der Waals surface area contributed by atoms with Crippen LogP contribution in [0.3, 0.4) is 0 Å². The van der Waals surface area contributed by atoms with Crippen molar-refractivity contribution in [1.29, 1.82) is 0 Å². The second-order valence-corrected chi connectivity index (χ2v) is 9.08. The second kappa shape index (κ2) is 8.04. The Labute approximate surface area is 170 Å². The Kier molecular flexibility index (Phi) is 5.47. The monoisotopic (exact) mass is 416 g/mol. The maximum atomic E-state index is 13.1. The van der Waals surface area contributed by atoms with Crippen molar-refractivity contribution in [2.45, 2.75) is 31.2 Å². The lowest BCUT2D eigenvalue weighted by Crippen LogP contribution is -2.31. The summed E-state index contributed by atoms with van der Waals surface area (Å²) in [5, 5.41) is 0. The molecule has 154 valence electrons. The topological polar surface area (TPSA) is 76.1 Å². The van der Waals surface area contributed by atoms with Crippen LogP contribution < -0.4 is 9.47 Å². The van der Waals surface area contributed by atoms with Gasteiger partial charge in [0.25, 0.3) is 5.91 Å². The van der Waals surface area contributed by atoms with Crippen molar-refractivity contribution in [3.05, 3.63) is 53.6 Å². The minimum atomic E-state index is -3.56. The van der Waals surface area contributed by atoms with Crippen LogP contribution in [0, 0.1) is 0 Å². The number of sulfonamides is 1. The molecule has 2 aliphatic rings. The van der Waals surface area contributed by atoms with E-state index in [1.54, 1.807) is 23.1 Å². The van der Waals surface area contributed by atoms with Crippen LogP contribution in [0.1, 0.15) is 35.7 Å². The van der Waals surface area contributed by atoms with Crippen molar-refractivity contribution >= 4 is 15.9 Å². The Bertz CT molecular complexity index is 1020. The van der Waals surface area contributed by atoms with Gasteiger partial charge in [0.15, 0.2) is 11.5 Å². The summed E-state index contributed by atoms with van der Waals surface area (Å²) >= 11 is 0. The summed E-state index contributed by atoms with van der Waals surface area (Å²) in [6.07, 6.45) is 1.74. The molecule has 1 saturated heterocycles. The minimum Gasteiger partial charge on any atom is -0.454 e. The van der Waals surface area contributed by atoms with Crippen LogP contribution in [0.15, 0.2) is 47.4 Å². The summed E-state index contributed by atoms with van der Waals surface area (Å²) in [6.45, 7) is 4.06. The number of nitrogens with zero attached hydrogens (tertiary/aromatic N) is 2. The molecule has 1 fully saturated rings. The Morgan fingerprint density at radius 1 is 1.07 bits per heavy atom. The van der Waals surface area contributed by atoms with Gasteiger partial charge >= 0.3 is 0 Å². The lowest BCUT2D eigenvalue weighted by Gasteiger charge is -2.22. The van der Waals surface area contributed by atoms with E-state index >= 15 is 0 Å². The van der Waals surface area contributed by atoms with Gasteiger partial charge in [-0.1, -0.05) is 12.1 Å². The highest BCUT2D eigenvalue weighted by Gasteiger charge is 2.28. The largest absolute Gasteiger partial charge is 0.454 e. The van der Waals surface area contributed by atoms with Crippen LogP contribution in [0.25, 0.3) is 0 Å². The number of hydrogen-bond acceptors (Lipinski definition) is 5. The first-order valence-electron chi connectivity index (χ1n) is 9.77. The zero-order valence-electron chi connectivity index (χ0n) is 16.3. The fourth-order valence-electron chi connectivity index (χ4n) is 3.64. The molecule has 0 aromatic heterocycles. The summed E-state index contributed by atoms with van der Waals surface area (Å²) in [4.78, 5) is 14.9. The van der Waals surface area contributed by atoms with E-state index in [1.165, 1.54) is 10.4 Å². The summed E-state index contributed by atoms with van der Waals surface area (Å²) in [7, 11) is -3.56. The van der Waals surface area contributed by atoms with Crippen molar-refractivity contribution in [2.75, 3.05) is 26.4 Å². The average Bonchev–Trinajstić information content (AvgIpc) is 3.43. The van der Waals surface area contributed by atoms with Crippen LogP contribution in [-0.2, 0) is 16.6 Å². The van der Waals surface area contributed by atoms with Crippen LogP contribution in [0.4, 0.5) is 0 Å². The van der Waals surface area contributed by atoms with E-state index in [0.717, 1.165) is 18.4 Å². The van der Waals surface area contributed by atoms with Crippen LogP contribution in [0.5, 0.6) is 11.5 Å². The quantitative estimate of drug-likeness (QED) is 0.724. The molecule has 1 amide bonds. The fraction of sp³-hybridized carbons (Fsp3) is 0.381. The third-order valence-electron chi connectivity index (χ3n) is 5.26. The first-order valence-corrected chi connectivity index (χ1v) is 11.2. The standard InChI is InChI=1S/C21H24N2O5S/c1-2-22(14-16-8-9-19-20(12-16)28-15-27-19)21(24)17-6-5-7-18(13-17)29(25,26)23-10-3-4-11-23/h5-9,12-13H,2-4,10-11,14-15H2,1H3. The van der Waals surface area contributed by atoms with Gasteiger partial charge in [0.1, 0.15) is 0 Å². The maximum Gasteiger partial charge on any atom is 0.254 e. The second-order valence-electron chi connectivity index (χ2n) is 7.15. The summed E-state index contributed by atoms with van der Waals surface area (Å²) in [5.74, 6) is 1.16. The lowest BCUT2D eigenvalue weighted by atomic mass is 10.1. The summed E-state index contributed by atoms with van der Waals surface area (Å²) < 4.78 is 37.9. The van der Waals surface area contributed by atoms with Crippen LogP contribution in [0.2, 0.25) is 0 Å². The first-order chi connectivity index (χ1) is 14.0. The number of amides is 1. The van der Waals surface area contributed by atoms with Gasteiger partial charge in [-0.25, -0.2) is 8.42 Å². The molecule has 0 atom stereocenters. The molecule has 0 saturated carbocycles. The van der Waals surface area contributed by atoms with Gasteiger partial charge in [0, 0.05) is 31.7 Å². The summed E-state index contributed by atoms with van der Waals surface area (Å²) in [6, 6.07) is 11.9. The highest BCUT2D eigenvalue weighted by atomic mass is 32.2. The molecule has 29 heavy (non-hydrogen) atoms. The fourth-order valence-corrected chi connectivity index (χ4v) is 5.20. The molecule has 7 nitrogen and oxygen atoms in total. The van der Waals surface area contributed by atoms with Crippen molar-refractivity contribution in [3.8, 4) is 11.5 Å². The van der Waals surface area contributed by atoms with E-state index < -0.39 is 10.0 Å². The number of ether oxygens (including phenoxy) is 2. The van der Waals surface area contributed by atoms with Gasteiger partial charge in [-0.15, -0.1) is 0 Å². The molecule has 2 heterocycles. The normalized spacial score (nSPS) is 16.2. The van der Waals surface area contributed by atoms with Crippen molar-refractivity contribution in [2.24, 2.45) is 0 Å². The first kappa shape index (κ1) is 19.7. The van der Waals surface area contributed by atoms with Crippen molar-refractivity contribution in [3.63, 3.8) is 0 Å². The van der Waals surface area contributed by atoms with E-state index in [4.69, 9.17) is 9.47 Å². The third kappa shape index (κ3) is 3.95. The van der Waals surface area contributed by atoms with E-state index in [2.05, 4.69) is 0 Å². The predicted molar refractivity (Wildman–Crippen MR) is 107 cm³/mol. The summed E-state index contributed by atoms with van der Waals surface area (Å²) in [5.41, 5.74) is 1.29. The maximum absolute atomic E-state index is 13.1. The molecular formula is C21H24N2O5S. The van der Waals surface area contributed by atoms with E-state index in [1.807, 2.05) is 25.1 Å². The number of rotatable bonds is 6. The molecule has 0 radical (unpaired) electrons. The number of carbonyl (C=O) groups excluding carboxylic acids is 1. The molecule has 0 aliphatic carbocycles. The molecule has 0 spiro atoms.